The Labute approximate surface area is 313 Å². The van der Waals surface area contributed by atoms with Crippen LogP contribution in [0.15, 0.2) is 41.2 Å². The predicted octanol–water partition coefficient (Wildman–Crippen LogP) is 4.14. The molecule has 12 nitrogen and oxygen atoms in total. The highest BCUT2D eigenvalue weighted by Gasteiger charge is 2.38. The van der Waals surface area contributed by atoms with Gasteiger partial charge in [-0.25, -0.2) is 9.37 Å². The summed E-state index contributed by atoms with van der Waals surface area (Å²) < 4.78 is 26.9. The van der Waals surface area contributed by atoms with Crippen molar-refractivity contribution in [1.82, 2.24) is 25.1 Å². The maximum absolute atomic E-state index is 15.2. The van der Waals surface area contributed by atoms with Crippen molar-refractivity contribution in [2.24, 2.45) is 5.92 Å². The van der Waals surface area contributed by atoms with Crippen LogP contribution in [-0.4, -0.2) is 114 Å². The van der Waals surface area contributed by atoms with Gasteiger partial charge in [0.1, 0.15) is 23.4 Å². The first-order valence-corrected chi connectivity index (χ1v) is 20.4. The lowest BCUT2D eigenvalue weighted by atomic mass is 9.92. The monoisotopic (exact) mass is 747 g/mol. The van der Waals surface area contributed by atoms with Gasteiger partial charge in [-0.3, -0.25) is 29.5 Å². The quantitative estimate of drug-likeness (QED) is 0.245. The van der Waals surface area contributed by atoms with Crippen LogP contribution in [0.5, 0.6) is 5.75 Å². The van der Waals surface area contributed by atoms with Gasteiger partial charge in [-0.2, -0.15) is 11.8 Å². The summed E-state index contributed by atoms with van der Waals surface area (Å²) in [6.45, 7) is 8.27. The van der Waals surface area contributed by atoms with Crippen molar-refractivity contribution in [3.63, 3.8) is 0 Å². The molecule has 14 heteroatoms. The molecule has 2 aromatic carbocycles. The van der Waals surface area contributed by atoms with Crippen molar-refractivity contribution in [2.75, 3.05) is 69.3 Å². The molecule has 0 bridgehead atoms. The number of nitrogens with zero attached hydrogens (tertiary/aromatic N) is 4. The summed E-state index contributed by atoms with van der Waals surface area (Å²) in [6.07, 6.45) is 7.01. The minimum Gasteiger partial charge on any atom is -0.493 e. The topological polar surface area (TPSA) is 132 Å². The fraction of sp³-hybridized carbons (Fsp3) is 0.590. The summed E-state index contributed by atoms with van der Waals surface area (Å²) in [5.41, 5.74) is 1.73. The SMILES string of the molecule is O=C1CCC(Nc2ccc(N3CCC(N4CC(N5CCC(COc6ccc7c(=O)[nH]c(CSC8CCOCC8)nc7c6)CC5)C4)CC3)c(F)c2)C(=O)N1. The first kappa shape index (κ1) is 36.3. The molecular formula is C39H50FN7O5S. The molecule has 6 heterocycles. The van der Waals surface area contributed by atoms with E-state index in [1.54, 1.807) is 6.07 Å². The fourth-order valence-electron chi connectivity index (χ4n) is 8.44. The van der Waals surface area contributed by atoms with E-state index < -0.39 is 6.04 Å². The number of rotatable bonds is 11. The number of amides is 2. The minimum atomic E-state index is -0.533. The second-order valence-electron chi connectivity index (χ2n) is 15.2. The summed E-state index contributed by atoms with van der Waals surface area (Å²) in [6, 6.07) is 11.3. The zero-order chi connectivity index (χ0) is 36.3. The third kappa shape index (κ3) is 8.66. The molecule has 284 valence electrons. The third-order valence-electron chi connectivity index (χ3n) is 11.7. The Bertz CT molecular complexity index is 1830. The number of piperidine rings is 3. The zero-order valence-corrected chi connectivity index (χ0v) is 31.0. The van der Waals surface area contributed by atoms with E-state index in [2.05, 4.69) is 30.3 Å². The number of benzene rings is 2. The number of likely N-dealkylation sites (tertiary alicyclic amines) is 2. The predicted molar refractivity (Wildman–Crippen MR) is 204 cm³/mol. The molecule has 5 saturated heterocycles. The van der Waals surface area contributed by atoms with Crippen LogP contribution >= 0.6 is 11.8 Å². The van der Waals surface area contributed by atoms with Crippen molar-refractivity contribution in [2.45, 2.75) is 80.5 Å². The van der Waals surface area contributed by atoms with Crippen LogP contribution in [0.2, 0.25) is 0 Å². The van der Waals surface area contributed by atoms with Crippen molar-refractivity contribution >= 4 is 45.9 Å². The molecule has 5 aliphatic rings. The van der Waals surface area contributed by atoms with Crippen LogP contribution in [0, 0.1) is 11.7 Å². The smallest absolute Gasteiger partial charge is 0.258 e. The van der Waals surface area contributed by atoms with Gasteiger partial charge in [0, 0.05) is 74.9 Å². The molecule has 1 atom stereocenters. The lowest BCUT2D eigenvalue weighted by molar-refractivity contribution is -0.133. The number of hydrogen-bond donors (Lipinski definition) is 3. The average molecular weight is 748 g/mol. The number of thioether (sulfide) groups is 1. The molecule has 5 aliphatic heterocycles. The van der Waals surface area contributed by atoms with Crippen LogP contribution in [-0.2, 0) is 20.1 Å². The van der Waals surface area contributed by atoms with E-state index in [4.69, 9.17) is 14.5 Å². The van der Waals surface area contributed by atoms with Gasteiger partial charge in [0.05, 0.1) is 29.0 Å². The number of fused-ring (bicyclic) bond motifs is 1. The van der Waals surface area contributed by atoms with E-state index >= 15 is 4.39 Å². The normalized spacial score (nSPS) is 23.3. The van der Waals surface area contributed by atoms with Gasteiger partial charge in [0.25, 0.3) is 5.56 Å². The number of aromatic nitrogens is 2. The molecule has 0 radical (unpaired) electrons. The van der Waals surface area contributed by atoms with Gasteiger partial charge in [-0.05, 0) is 94.3 Å². The highest BCUT2D eigenvalue weighted by atomic mass is 32.2. The molecule has 8 rings (SSSR count). The molecule has 3 N–H and O–H groups in total. The second-order valence-corrected chi connectivity index (χ2v) is 16.5. The number of carbonyl (C=O) groups excluding carboxylic acids is 2. The standard InChI is InChI=1S/C39H50FN7O5S/c40-32-19-26(41-33-4-6-37(48)44-39(33)50)1-5-35(32)46-15-9-27(10-16-46)47-21-28(22-47)45-13-7-25(8-14-45)23-52-29-2-3-31-34(20-29)42-36(43-38(31)49)24-53-30-11-17-51-18-12-30/h1-3,5,19-20,25,27-28,30,33,41H,4,6-18,21-24H2,(H,42,43,49)(H,44,48,50). The Morgan fingerprint density at radius 1 is 0.906 bits per heavy atom. The molecule has 0 spiro atoms. The van der Waals surface area contributed by atoms with E-state index in [0.29, 0.717) is 70.1 Å². The van der Waals surface area contributed by atoms with Crippen LogP contribution in [0.25, 0.3) is 10.9 Å². The number of halogens is 1. The third-order valence-corrected chi connectivity index (χ3v) is 13.1. The number of nitrogens with one attached hydrogen (secondary N) is 3. The van der Waals surface area contributed by atoms with Crippen LogP contribution in [0.1, 0.15) is 57.2 Å². The van der Waals surface area contributed by atoms with E-state index in [9.17, 15) is 14.4 Å². The lowest BCUT2D eigenvalue weighted by Crippen LogP contribution is -2.64. The maximum atomic E-state index is 15.2. The first-order valence-electron chi connectivity index (χ1n) is 19.3. The summed E-state index contributed by atoms with van der Waals surface area (Å²) in [7, 11) is 0. The molecule has 0 aliphatic carbocycles. The average Bonchev–Trinajstić information content (AvgIpc) is 3.15. The highest BCUT2D eigenvalue weighted by Crippen LogP contribution is 2.32. The summed E-state index contributed by atoms with van der Waals surface area (Å²) in [5, 5.41) is 6.54. The molecule has 0 saturated carbocycles. The van der Waals surface area contributed by atoms with Crippen LogP contribution < -0.4 is 25.8 Å². The van der Waals surface area contributed by atoms with Crippen molar-refractivity contribution in [3.8, 4) is 5.75 Å². The molecule has 1 unspecified atom stereocenters. The number of H-pyrrole nitrogens is 1. The molecular weight excluding hydrogens is 698 g/mol. The maximum Gasteiger partial charge on any atom is 0.258 e. The lowest BCUT2D eigenvalue weighted by Gasteiger charge is -2.52. The number of ether oxygens (including phenoxy) is 2. The van der Waals surface area contributed by atoms with Crippen LogP contribution in [0.4, 0.5) is 15.8 Å². The molecule has 1 aromatic heterocycles. The van der Waals surface area contributed by atoms with Crippen LogP contribution in [0.3, 0.4) is 0 Å². The largest absolute Gasteiger partial charge is 0.493 e. The first-order chi connectivity index (χ1) is 25.8. The van der Waals surface area contributed by atoms with E-state index in [1.807, 2.05) is 36.0 Å². The fourth-order valence-corrected chi connectivity index (χ4v) is 9.49. The van der Waals surface area contributed by atoms with E-state index in [0.717, 1.165) is 96.8 Å². The van der Waals surface area contributed by atoms with E-state index in [-0.39, 0.29) is 29.6 Å². The Morgan fingerprint density at radius 2 is 1.70 bits per heavy atom. The van der Waals surface area contributed by atoms with E-state index in [1.165, 1.54) is 6.07 Å². The number of aromatic amines is 1. The Kier molecular flexibility index (Phi) is 11.2. The van der Waals surface area contributed by atoms with Gasteiger partial charge in [-0.15, -0.1) is 0 Å². The summed E-state index contributed by atoms with van der Waals surface area (Å²) >= 11 is 1.84. The van der Waals surface area contributed by atoms with Crippen molar-refractivity contribution in [3.05, 3.63) is 58.4 Å². The number of anilines is 2. The molecule has 3 aromatic rings. The Morgan fingerprint density at radius 3 is 2.45 bits per heavy atom. The molecule has 2 amide bonds. The zero-order valence-electron chi connectivity index (χ0n) is 30.2. The number of imide groups is 1. The number of carbonyl (C=O) groups is 2. The number of hydrogen-bond acceptors (Lipinski definition) is 11. The van der Waals surface area contributed by atoms with Gasteiger partial charge < -0.3 is 24.7 Å². The van der Waals surface area contributed by atoms with Gasteiger partial charge in [-0.1, -0.05) is 0 Å². The summed E-state index contributed by atoms with van der Waals surface area (Å²) in [4.78, 5) is 51.4. The van der Waals surface area contributed by atoms with Gasteiger partial charge >= 0.3 is 0 Å². The van der Waals surface area contributed by atoms with Gasteiger partial charge in [0.2, 0.25) is 11.8 Å². The van der Waals surface area contributed by atoms with Gasteiger partial charge in [0.15, 0.2) is 0 Å². The van der Waals surface area contributed by atoms with Crippen molar-refractivity contribution < 1.29 is 23.5 Å². The molecule has 5 fully saturated rings. The second kappa shape index (κ2) is 16.3. The Balaban J connectivity index is 0.746. The highest BCUT2D eigenvalue weighted by molar-refractivity contribution is 7.99. The summed E-state index contributed by atoms with van der Waals surface area (Å²) in [5.74, 6) is 1.74. The minimum absolute atomic E-state index is 0.0999. The molecule has 53 heavy (non-hydrogen) atoms. The van der Waals surface area contributed by atoms with Crippen molar-refractivity contribution in [1.29, 1.82) is 0 Å². The Hall–Kier alpha value is -3.72.